The molecule has 0 saturated heterocycles. The fraction of sp³-hybridized carbons (Fsp3) is 0.474. The molecule has 14 heteroatoms. The summed E-state index contributed by atoms with van der Waals surface area (Å²) in [6, 6.07) is 20.9. The number of hydrogen-bond donors (Lipinski definition) is 0. The monoisotopic (exact) mass is 983 g/mol. The summed E-state index contributed by atoms with van der Waals surface area (Å²) in [5, 5.41) is 0. The molecule has 0 spiro atoms. The lowest BCUT2D eigenvalue weighted by Crippen LogP contribution is -2.27. The second-order valence-electron chi connectivity index (χ2n) is 16.8. The minimum Gasteiger partial charge on any atom is -0.493 e. The summed E-state index contributed by atoms with van der Waals surface area (Å²) < 4.78 is 67.2. The quantitative estimate of drug-likeness (QED) is 0.0260. The van der Waals surface area contributed by atoms with Gasteiger partial charge in [0.1, 0.15) is 13.2 Å². The highest BCUT2D eigenvalue weighted by molar-refractivity contribution is 5.85. The van der Waals surface area contributed by atoms with E-state index in [-0.39, 0.29) is 31.8 Å². The summed E-state index contributed by atoms with van der Waals surface area (Å²) in [6.07, 6.45) is 10.4. The Morgan fingerprint density at radius 3 is 1.14 bits per heavy atom. The molecule has 0 aromatic heterocycles. The van der Waals surface area contributed by atoms with Gasteiger partial charge in [-0.3, -0.25) is 0 Å². The van der Waals surface area contributed by atoms with Crippen molar-refractivity contribution < 1.29 is 66.4 Å². The smallest absolute Gasteiger partial charge is 0.347 e. The van der Waals surface area contributed by atoms with Gasteiger partial charge in [0.2, 0.25) is 11.5 Å². The summed E-state index contributed by atoms with van der Waals surface area (Å²) in [6.45, 7) is 15.4. The molecule has 0 fully saturated rings. The van der Waals surface area contributed by atoms with Crippen LogP contribution < -0.4 is 28.4 Å². The third-order valence-electron chi connectivity index (χ3n) is 12.0. The van der Waals surface area contributed by atoms with Gasteiger partial charge < -0.3 is 56.8 Å². The average molecular weight is 983 g/mol. The number of hydrogen-bond acceptors (Lipinski definition) is 14. The molecule has 386 valence electrons. The van der Waals surface area contributed by atoms with E-state index in [9.17, 15) is 9.59 Å². The van der Waals surface area contributed by atoms with E-state index in [1.807, 2.05) is 50.3 Å². The molecule has 0 radical (unpaired) electrons. The molecule has 0 amide bonds. The molecule has 4 aromatic rings. The molecule has 0 heterocycles. The van der Waals surface area contributed by atoms with Crippen molar-refractivity contribution in [3.63, 3.8) is 0 Å². The van der Waals surface area contributed by atoms with Gasteiger partial charge in [0.15, 0.2) is 35.2 Å². The highest BCUT2D eigenvalue weighted by atomic mass is 16.6. The molecule has 0 bridgehead atoms. The van der Waals surface area contributed by atoms with Gasteiger partial charge in [0, 0.05) is 18.6 Å². The number of esters is 2. The number of carbonyl (C=O) groups excluding carboxylic acids is 2. The Morgan fingerprint density at radius 1 is 0.465 bits per heavy atom. The van der Waals surface area contributed by atoms with Crippen LogP contribution in [0.25, 0.3) is 35.4 Å². The van der Waals surface area contributed by atoms with E-state index >= 15 is 0 Å². The minimum absolute atomic E-state index is 0.0973. The summed E-state index contributed by atoms with van der Waals surface area (Å²) in [5.41, 5.74) is 8.74. The summed E-state index contributed by atoms with van der Waals surface area (Å²) in [4.78, 5) is 25.5. The lowest BCUT2D eigenvalue weighted by Gasteiger charge is -2.32. The van der Waals surface area contributed by atoms with Crippen LogP contribution in [-0.2, 0) is 43.4 Å². The maximum atomic E-state index is 12.8. The third-order valence-corrected chi connectivity index (χ3v) is 12.0. The predicted octanol–water partition coefficient (Wildman–Crippen LogP) is 10.7. The maximum Gasteiger partial charge on any atom is 0.347 e. The number of carbonyl (C=O) groups is 2. The zero-order valence-corrected chi connectivity index (χ0v) is 43.4. The van der Waals surface area contributed by atoms with Crippen LogP contribution in [0.15, 0.2) is 60.7 Å². The Kier molecular flexibility index (Phi) is 22.6. The van der Waals surface area contributed by atoms with Crippen molar-refractivity contribution in [2.45, 2.75) is 84.8 Å². The fourth-order valence-electron chi connectivity index (χ4n) is 8.68. The van der Waals surface area contributed by atoms with Gasteiger partial charge in [-0.05, 0) is 109 Å². The van der Waals surface area contributed by atoms with E-state index in [4.69, 9.17) is 56.8 Å². The van der Waals surface area contributed by atoms with Crippen LogP contribution >= 0.6 is 0 Å². The van der Waals surface area contributed by atoms with Gasteiger partial charge in [-0.1, -0.05) is 87.4 Å². The minimum atomic E-state index is -0.924. The molecule has 1 aliphatic rings. The van der Waals surface area contributed by atoms with Crippen molar-refractivity contribution in [2.24, 2.45) is 0 Å². The number of ether oxygens (including phenoxy) is 12. The molecule has 14 nitrogen and oxygen atoms in total. The van der Waals surface area contributed by atoms with Gasteiger partial charge in [0.05, 0.1) is 68.1 Å². The molecular weight excluding hydrogens is 909 g/mol. The van der Waals surface area contributed by atoms with Crippen LogP contribution in [0.4, 0.5) is 0 Å². The fourth-order valence-corrected chi connectivity index (χ4v) is 8.68. The first-order valence-electron chi connectivity index (χ1n) is 24.7. The van der Waals surface area contributed by atoms with Crippen molar-refractivity contribution in [2.75, 3.05) is 94.5 Å². The molecule has 0 saturated carbocycles. The first kappa shape index (κ1) is 55.9. The molecule has 71 heavy (non-hydrogen) atoms. The van der Waals surface area contributed by atoms with Crippen molar-refractivity contribution in [1.29, 1.82) is 0 Å². The van der Waals surface area contributed by atoms with Gasteiger partial charge in [-0.25, -0.2) is 9.59 Å². The second-order valence-corrected chi connectivity index (χ2v) is 16.8. The van der Waals surface area contributed by atoms with Crippen LogP contribution in [0, 0.1) is 0 Å². The summed E-state index contributed by atoms with van der Waals surface area (Å²) >= 11 is 0. The summed E-state index contributed by atoms with van der Waals surface area (Å²) in [7, 11) is 6.21. The average Bonchev–Trinajstić information content (AvgIpc) is 3.64. The number of rotatable bonds is 32. The van der Waals surface area contributed by atoms with Crippen molar-refractivity contribution in [1.82, 2.24) is 0 Å². The standard InChI is InChI=1S/C57H74O14/c1-11-23-57(24-12-2)47-33-41(15-17-43-35-49(60-7)53(50(36-43)61-8)70-39(5)55(58)68-31-29-66-27-25-64-13-3)19-21-45(47)46-22-20-42(34-48(46)57)16-18-44-37-51(62-9)54(52(38-44)63-10)71-40(6)56(59)69-32-30-67-28-26-65-14-4/h15-22,33-40H,11-14,23-32H2,1-10H3/b17-15+,18-16+. The van der Waals surface area contributed by atoms with Crippen LogP contribution in [0.2, 0.25) is 0 Å². The van der Waals surface area contributed by atoms with E-state index in [2.05, 4.69) is 62.4 Å². The van der Waals surface area contributed by atoms with E-state index in [0.717, 1.165) is 47.9 Å². The molecule has 2 unspecified atom stereocenters. The van der Waals surface area contributed by atoms with Gasteiger partial charge in [0.25, 0.3) is 0 Å². The van der Waals surface area contributed by atoms with Gasteiger partial charge in [-0.2, -0.15) is 0 Å². The Labute approximate surface area is 420 Å². The SMILES string of the molecule is CCCC1(CCC)c2cc(/C=C/c3cc(OC)c(OC(C)C(=O)OCCOCCOCC)c(OC)c3)ccc2-c2ccc(/C=C/c3cc(OC)c(OC(C)C(=O)OCCOCCOCC)c(OC)c3)cc21. The first-order valence-corrected chi connectivity index (χ1v) is 24.7. The van der Waals surface area contributed by atoms with Crippen LogP contribution in [0.3, 0.4) is 0 Å². The first-order chi connectivity index (χ1) is 34.5. The van der Waals surface area contributed by atoms with Crippen LogP contribution in [0.1, 0.15) is 101 Å². The number of methoxy groups -OCH3 is 4. The third kappa shape index (κ3) is 15.0. The normalized spacial score (nSPS) is 13.4. The zero-order chi connectivity index (χ0) is 51.2. The Morgan fingerprint density at radius 2 is 0.803 bits per heavy atom. The zero-order valence-electron chi connectivity index (χ0n) is 43.4. The maximum absolute atomic E-state index is 12.8. The topological polar surface area (TPSA) is 145 Å². The van der Waals surface area contributed by atoms with E-state index in [1.54, 1.807) is 42.3 Å². The molecular formula is C57H74O14. The molecule has 1 aliphatic carbocycles. The molecule has 0 aliphatic heterocycles. The Bertz CT molecular complexity index is 2170. The molecule has 0 N–H and O–H groups in total. The number of fused-ring (bicyclic) bond motifs is 3. The lowest BCUT2D eigenvalue weighted by atomic mass is 9.71. The van der Waals surface area contributed by atoms with Gasteiger partial charge >= 0.3 is 11.9 Å². The van der Waals surface area contributed by atoms with E-state index in [0.29, 0.717) is 74.1 Å². The van der Waals surface area contributed by atoms with E-state index in [1.165, 1.54) is 22.3 Å². The van der Waals surface area contributed by atoms with Crippen molar-refractivity contribution in [3.05, 3.63) is 94.0 Å². The summed E-state index contributed by atoms with van der Waals surface area (Å²) in [5.74, 6) is 1.22. The molecule has 2 atom stereocenters. The Hall–Kier alpha value is -6.06. The molecule has 5 rings (SSSR count). The van der Waals surface area contributed by atoms with Gasteiger partial charge in [-0.15, -0.1) is 0 Å². The molecule has 4 aromatic carbocycles. The highest BCUT2D eigenvalue weighted by Gasteiger charge is 2.42. The van der Waals surface area contributed by atoms with Crippen molar-refractivity contribution >= 4 is 36.2 Å². The predicted molar refractivity (Wildman–Crippen MR) is 276 cm³/mol. The highest BCUT2D eigenvalue weighted by Crippen LogP contribution is 2.54. The van der Waals surface area contributed by atoms with E-state index < -0.39 is 24.1 Å². The Balaban J connectivity index is 1.33. The largest absolute Gasteiger partial charge is 0.493 e. The number of benzene rings is 4. The second kappa shape index (κ2) is 28.7. The van der Waals surface area contributed by atoms with Crippen molar-refractivity contribution in [3.8, 4) is 45.6 Å². The lowest BCUT2D eigenvalue weighted by molar-refractivity contribution is -0.153. The van der Waals surface area contributed by atoms with Crippen LogP contribution in [0.5, 0.6) is 34.5 Å². The van der Waals surface area contributed by atoms with Crippen LogP contribution in [-0.4, -0.2) is 119 Å².